The number of likely N-dealkylation sites (N-methyl/N-ethyl adjacent to an activating group) is 1. The number of carboxylic acids is 1. The molecule has 5 heteroatoms. The Bertz CT molecular complexity index is 291. The molecule has 0 saturated heterocycles. The molecule has 0 aliphatic carbocycles. The van der Waals surface area contributed by atoms with Gasteiger partial charge in [0.25, 0.3) is 0 Å². The van der Waals surface area contributed by atoms with Gasteiger partial charge in [-0.15, -0.1) is 0 Å². The quantitative estimate of drug-likeness (QED) is 0.750. The number of carbonyl (C=O) groups is 2. The Labute approximate surface area is 95.7 Å². The highest BCUT2D eigenvalue weighted by Crippen LogP contribution is 2.10. The van der Waals surface area contributed by atoms with Crippen LogP contribution in [0.4, 0.5) is 4.79 Å². The molecule has 0 unspecified atom stereocenters. The van der Waals surface area contributed by atoms with Gasteiger partial charge in [0.15, 0.2) is 0 Å². The summed E-state index contributed by atoms with van der Waals surface area (Å²) in [6.45, 7) is 7.03. The van der Waals surface area contributed by atoms with Gasteiger partial charge in [-0.25, -0.2) is 9.59 Å². The highest BCUT2D eigenvalue weighted by atomic mass is 16.6. The number of carbonyl (C=O) groups excluding carboxylic acids is 1. The number of nitrogens with zero attached hydrogens (tertiary/aromatic N) is 1. The Hall–Kier alpha value is -1.52. The van der Waals surface area contributed by atoms with Crippen LogP contribution in [0.15, 0.2) is 12.2 Å². The number of hydrogen-bond acceptors (Lipinski definition) is 3. The molecule has 1 amide bonds. The Morgan fingerprint density at radius 3 is 2.25 bits per heavy atom. The van der Waals surface area contributed by atoms with E-state index >= 15 is 0 Å². The smallest absolute Gasteiger partial charge is 0.410 e. The van der Waals surface area contributed by atoms with E-state index in [1.54, 1.807) is 34.7 Å². The predicted octanol–water partition coefficient (Wildman–Crippen LogP) is 1.88. The minimum Gasteiger partial charge on any atom is -0.478 e. The van der Waals surface area contributed by atoms with Crippen molar-refractivity contribution < 1.29 is 19.4 Å². The standard InChI is InChI=1S/C11H19NO4/c1-8(6-7-9(13)14)12(5)10(15)16-11(2,3)4/h6-8H,1-5H3,(H,13,14)/b7-6+/t8-/m0/s1. The number of aliphatic carboxylic acids is 1. The lowest BCUT2D eigenvalue weighted by Crippen LogP contribution is -2.38. The highest BCUT2D eigenvalue weighted by molar-refractivity contribution is 5.80. The lowest BCUT2D eigenvalue weighted by molar-refractivity contribution is -0.131. The molecular formula is C11H19NO4. The molecule has 0 aromatic heterocycles. The SMILES string of the molecule is C[C@@H](/C=C/C(=O)O)N(C)C(=O)OC(C)(C)C. The molecule has 0 aromatic carbocycles. The molecule has 0 aliphatic rings. The van der Waals surface area contributed by atoms with Crippen molar-refractivity contribution in [3.05, 3.63) is 12.2 Å². The largest absolute Gasteiger partial charge is 0.478 e. The van der Waals surface area contributed by atoms with Gasteiger partial charge in [0.05, 0.1) is 6.04 Å². The maximum Gasteiger partial charge on any atom is 0.410 e. The van der Waals surface area contributed by atoms with Crippen LogP contribution in [0.5, 0.6) is 0 Å². The lowest BCUT2D eigenvalue weighted by atomic mass is 10.2. The Morgan fingerprint density at radius 1 is 1.38 bits per heavy atom. The van der Waals surface area contributed by atoms with Crippen LogP contribution in [0.25, 0.3) is 0 Å². The summed E-state index contributed by atoms with van der Waals surface area (Å²) in [7, 11) is 1.56. The number of ether oxygens (including phenoxy) is 1. The van der Waals surface area contributed by atoms with E-state index in [0.717, 1.165) is 6.08 Å². The fraction of sp³-hybridized carbons (Fsp3) is 0.636. The molecule has 5 nitrogen and oxygen atoms in total. The van der Waals surface area contributed by atoms with Crippen LogP contribution in [0.1, 0.15) is 27.7 Å². The van der Waals surface area contributed by atoms with Crippen molar-refractivity contribution in [2.45, 2.75) is 39.3 Å². The first kappa shape index (κ1) is 14.5. The molecule has 0 rings (SSSR count). The topological polar surface area (TPSA) is 66.8 Å². The predicted molar refractivity (Wildman–Crippen MR) is 60.2 cm³/mol. The van der Waals surface area contributed by atoms with Crippen LogP contribution in [-0.2, 0) is 9.53 Å². The van der Waals surface area contributed by atoms with E-state index in [-0.39, 0.29) is 6.04 Å². The van der Waals surface area contributed by atoms with Crippen LogP contribution >= 0.6 is 0 Å². The fourth-order valence-corrected chi connectivity index (χ4v) is 0.851. The average molecular weight is 229 g/mol. The summed E-state index contributed by atoms with van der Waals surface area (Å²) in [4.78, 5) is 23.2. The van der Waals surface area contributed by atoms with Gasteiger partial charge in [0.1, 0.15) is 5.60 Å². The van der Waals surface area contributed by atoms with Gasteiger partial charge in [-0.05, 0) is 27.7 Å². The average Bonchev–Trinajstić information content (AvgIpc) is 2.10. The molecule has 1 N–H and O–H groups in total. The maximum atomic E-state index is 11.6. The van der Waals surface area contributed by atoms with Crippen LogP contribution < -0.4 is 0 Å². The molecule has 0 saturated carbocycles. The first-order chi connectivity index (χ1) is 7.13. The Balaban J connectivity index is 4.38. The minimum absolute atomic E-state index is 0.328. The van der Waals surface area contributed by atoms with Crippen molar-refractivity contribution in [1.29, 1.82) is 0 Å². The first-order valence-corrected chi connectivity index (χ1v) is 5.00. The van der Waals surface area contributed by atoms with Crippen molar-refractivity contribution in [2.24, 2.45) is 0 Å². The monoisotopic (exact) mass is 229 g/mol. The summed E-state index contributed by atoms with van der Waals surface area (Å²) < 4.78 is 5.13. The molecule has 0 heterocycles. The third-order valence-corrected chi connectivity index (χ3v) is 1.81. The van der Waals surface area contributed by atoms with Gasteiger partial charge in [0.2, 0.25) is 0 Å². The summed E-state index contributed by atoms with van der Waals surface area (Å²) in [6.07, 6.45) is 1.95. The van der Waals surface area contributed by atoms with E-state index in [0.29, 0.717) is 0 Å². The molecule has 0 aliphatic heterocycles. The van der Waals surface area contributed by atoms with E-state index in [2.05, 4.69) is 0 Å². The number of hydrogen-bond donors (Lipinski definition) is 1. The maximum absolute atomic E-state index is 11.6. The van der Waals surface area contributed by atoms with Gasteiger partial charge in [-0.1, -0.05) is 6.08 Å². The molecule has 92 valence electrons. The second-order valence-electron chi connectivity index (χ2n) is 4.53. The van der Waals surface area contributed by atoms with E-state index in [1.807, 2.05) is 0 Å². The summed E-state index contributed by atoms with van der Waals surface area (Å²) in [6, 6.07) is -0.328. The van der Waals surface area contributed by atoms with Crippen molar-refractivity contribution in [3.8, 4) is 0 Å². The molecule has 0 spiro atoms. The summed E-state index contributed by atoms with van der Waals surface area (Å²) in [5.41, 5.74) is -0.554. The summed E-state index contributed by atoms with van der Waals surface area (Å²) in [5.74, 6) is -1.04. The van der Waals surface area contributed by atoms with Crippen molar-refractivity contribution >= 4 is 12.1 Å². The van der Waals surface area contributed by atoms with E-state index in [1.165, 1.54) is 11.0 Å². The minimum atomic E-state index is -1.04. The lowest BCUT2D eigenvalue weighted by Gasteiger charge is -2.27. The van der Waals surface area contributed by atoms with E-state index < -0.39 is 17.7 Å². The van der Waals surface area contributed by atoms with Crippen molar-refractivity contribution in [3.63, 3.8) is 0 Å². The van der Waals surface area contributed by atoms with E-state index in [9.17, 15) is 9.59 Å². The van der Waals surface area contributed by atoms with Crippen LogP contribution in [-0.4, -0.2) is 40.8 Å². The number of rotatable bonds is 3. The fourth-order valence-electron chi connectivity index (χ4n) is 0.851. The molecule has 0 fully saturated rings. The van der Waals surface area contributed by atoms with Gasteiger partial charge in [-0.3, -0.25) is 0 Å². The summed E-state index contributed by atoms with van der Waals surface area (Å²) >= 11 is 0. The zero-order valence-corrected chi connectivity index (χ0v) is 10.4. The molecule has 0 radical (unpaired) electrons. The second kappa shape index (κ2) is 5.53. The van der Waals surface area contributed by atoms with Gasteiger partial charge >= 0.3 is 12.1 Å². The normalized spacial score (nSPS) is 13.6. The number of carboxylic acid groups (broad SMARTS) is 1. The Morgan fingerprint density at radius 2 is 1.88 bits per heavy atom. The van der Waals surface area contributed by atoms with Crippen LogP contribution in [0.2, 0.25) is 0 Å². The molecule has 16 heavy (non-hydrogen) atoms. The van der Waals surface area contributed by atoms with Crippen molar-refractivity contribution in [1.82, 2.24) is 4.90 Å². The molecule has 1 atom stereocenters. The molecule has 0 bridgehead atoms. The van der Waals surface area contributed by atoms with Crippen LogP contribution in [0, 0.1) is 0 Å². The third-order valence-electron chi connectivity index (χ3n) is 1.81. The first-order valence-electron chi connectivity index (χ1n) is 5.00. The van der Waals surface area contributed by atoms with Crippen LogP contribution in [0.3, 0.4) is 0 Å². The Kier molecular flexibility index (Phi) is 5.01. The van der Waals surface area contributed by atoms with Gasteiger partial charge < -0.3 is 14.7 Å². The van der Waals surface area contributed by atoms with E-state index in [4.69, 9.17) is 9.84 Å². The highest BCUT2D eigenvalue weighted by Gasteiger charge is 2.21. The van der Waals surface area contributed by atoms with Gasteiger partial charge in [0, 0.05) is 13.1 Å². The second-order valence-corrected chi connectivity index (χ2v) is 4.53. The number of amides is 1. The zero-order valence-electron chi connectivity index (χ0n) is 10.4. The van der Waals surface area contributed by atoms with Gasteiger partial charge in [-0.2, -0.15) is 0 Å². The molecule has 0 aromatic rings. The summed E-state index contributed by atoms with van der Waals surface area (Å²) in [5, 5.41) is 8.45. The molecular weight excluding hydrogens is 210 g/mol. The van der Waals surface area contributed by atoms with Crippen molar-refractivity contribution in [2.75, 3.05) is 7.05 Å². The zero-order chi connectivity index (χ0) is 12.9. The third kappa shape index (κ3) is 6.06.